The number of hydrogen-bond acceptors (Lipinski definition) is 4. The van der Waals surface area contributed by atoms with Crippen molar-refractivity contribution in [1.82, 2.24) is 0 Å². The standard InChI is InChI=1S/C15H18OS3/c1-2-3-4-5-10-16-13-8-6-12(7-9-13)14-11-18-19-15(14)17/h6-9,11H,2-5,10H2,1H3. The van der Waals surface area contributed by atoms with Gasteiger partial charge >= 0.3 is 0 Å². The van der Waals surface area contributed by atoms with Crippen LogP contribution in [0.25, 0.3) is 11.1 Å². The molecule has 1 nitrogen and oxygen atoms in total. The van der Waals surface area contributed by atoms with Crippen molar-refractivity contribution < 1.29 is 4.74 Å². The highest BCUT2D eigenvalue weighted by atomic mass is 32.9. The molecule has 0 saturated carbocycles. The maximum Gasteiger partial charge on any atom is 0.119 e. The molecule has 0 spiro atoms. The minimum absolute atomic E-state index is 0.812. The number of unbranched alkanes of at least 4 members (excludes halogenated alkanes) is 3. The first-order valence-electron chi connectivity index (χ1n) is 6.62. The van der Waals surface area contributed by atoms with Crippen LogP contribution in [0.4, 0.5) is 0 Å². The molecule has 1 aromatic heterocycles. The largest absolute Gasteiger partial charge is 0.494 e. The predicted octanol–water partition coefficient (Wildman–Crippen LogP) is 6.17. The first-order valence-corrected chi connectivity index (χ1v) is 9.24. The summed E-state index contributed by atoms with van der Waals surface area (Å²) in [5.41, 5.74) is 2.35. The molecule has 0 aliphatic heterocycles. The molecule has 2 aromatic rings. The summed E-state index contributed by atoms with van der Waals surface area (Å²) in [6.45, 7) is 3.03. The van der Waals surface area contributed by atoms with E-state index in [0.717, 1.165) is 22.6 Å². The van der Waals surface area contributed by atoms with E-state index in [1.807, 2.05) is 12.1 Å². The third-order valence-corrected chi connectivity index (χ3v) is 5.60. The minimum Gasteiger partial charge on any atom is -0.494 e. The van der Waals surface area contributed by atoms with Crippen LogP contribution in [0.15, 0.2) is 29.6 Å². The quantitative estimate of drug-likeness (QED) is 0.344. The van der Waals surface area contributed by atoms with Gasteiger partial charge < -0.3 is 4.74 Å². The van der Waals surface area contributed by atoms with Gasteiger partial charge in [0.2, 0.25) is 0 Å². The van der Waals surface area contributed by atoms with Crippen LogP contribution < -0.4 is 4.74 Å². The molecule has 0 N–H and O–H groups in total. The third-order valence-electron chi connectivity index (χ3n) is 2.94. The van der Waals surface area contributed by atoms with Gasteiger partial charge in [-0.3, -0.25) is 0 Å². The van der Waals surface area contributed by atoms with Gasteiger partial charge in [-0.25, -0.2) is 0 Å². The molecule has 2 rings (SSSR count). The van der Waals surface area contributed by atoms with E-state index < -0.39 is 0 Å². The van der Waals surface area contributed by atoms with Crippen molar-refractivity contribution in [2.75, 3.05) is 6.61 Å². The smallest absolute Gasteiger partial charge is 0.119 e. The fourth-order valence-electron chi connectivity index (χ4n) is 1.84. The summed E-state index contributed by atoms with van der Waals surface area (Å²) in [6.07, 6.45) is 4.95. The summed E-state index contributed by atoms with van der Waals surface area (Å²) in [7, 11) is 3.34. The van der Waals surface area contributed by atoms with Crippen LogP contribution in [0.5, 0.6) is 5.75 Å². The van der Waals surface area contributed by atoms with Gasteiger partial charge in [0.25, 0.3) is 0 Å². The van der Waals surface area contributed by atoms with Crippen molar-refractivity contribution in [2.24, 2.45) is 0 Å². The molecule has 0 atom stereocenters. The Kier molecular flexibility index (Phi) is 6.01. The zero-order valence-electron chi connectivity index (χ0n) is 11.1. The molecular weight excluding hydrogens is 292 g/mol. The lowest BCUT2D eigenvalue weighted by Gasteiger charge is -2.06. The molecule has 4 heteroatoms. The van der Waals surface area contributed by atoms with Gasteiger partial charge in [0.05, 0.1) is 6.61 Å². The zero-order valence-corrected chi connectivity index (χ0v) is 13.5. The predicted molar refractivity (Wildman–Crippen MR) is 88.1 cm³/mol. The average molecular weight is 311 g/mol. The average Bonchev–Trinajstić information content (AvgIpc) is 2.86. The molecule has 0 saturated heterocycles. The van der Waals surface area contributed by atoms with E-state index in [-0.39, 0.29) is 0 Å². The molecule has 0 radical (unpaired) electrons. The maximum absolute atomic E-state index is 5.73. The van der Waals surface area contributed by atoms with Gasteiger partial charge in [0.15, 0.2) is 0 Å². The highest BCUT2D eigenvalue weighted by Crippen LogP contribution is 2.29. The van der Waals surface area contributed by atoms with E-state index in [0.29, 0.717) is 0 Å². The van der Waals surface area contributed by atoms with Gasteiger partial charge in [-0.15, -0.1) is 0 Å². The van der Waals surface area contributed by atoms with Crippen LogP contribution in [0, 0.1) is 3.82 Å². The summed E-state index contributed by atoms with van der Waals surface area (Å²) >= 11 is 5.31. The minimum atomic E-state index is 0.812. The lowest BCUT2D eigenvalue weighted by Crippen LogP contribution is -1.96. The van der Waals surface area contributed by atoms with Gasteiger partial charge in [0, 0.05) is 10.9 Å². The molecule has 102 valence electrons. The van der Waals surface area contributed by atoms with E-state index in [1.54, 1.807) is 20.7 Å². The fraction of sp³-hybridized carbons (Fsp3) is 0.400. The summed E-state index contributed by atoms with van der Waals surface area (Å²) in [5, 5.41) is 2.12. The Balaban J connectivity index is 1.88. The van der Waals surface area contributed by atoms with Crippen molar-refractivity contribution in [3.8, 4) is 16.9 Å². The molecule has 0 unspecified atom stereocenters. The SMILES string of the molecule is CCCCCCOc1ccc(-c2cssc2=S)cc1. The summed E-state index contributed by atoms with van der Waals surface area (Å²) in [4.78, 5) is 0. The van der Waals surface area contributed by atoms with Crippen molar-refractivity contribution >= 4 is 32.9 Å². The lowest BCUT2D eigenvalue weighted by molar-refractivity contribution is 0.305. The second kappa shape index (κ2) is 7.78. The third kappa shape index (κ3) is 4.41. The lowest BCUT2D eigenvalue weighted by atomic mass is 10.1. The van der Waals surface area contributed by atoms with Crippen molar-refractivity contribution in [2.45, 2.75) is 32.6 Å². The second-order valence-corrected chi connectivity index (χ2v) is 7.18. The van der Waals surface area contributed by atoms with E-state index >= 15 is 0 Å². The Hall–Kier alpha value is -0.710. The van der Waals surface area contributed by atoms with Crippen molar-refractivity contribution in [3.05, 3.63) is 33.5 Å². The molecule has 0 aliphatic rings. The van der Waals surface area contributed by atoms with Crippen LogP contribution in [0.2, 0.25) is 0 Å². The summed E-state index contributed by atoms with van der Waals surface area (Å²) in [6, 6.07) is 8.25. The van der Waals surface area contributed by atoms with Gasteiger partial charge in [-0.1, -0.05) is 71.2 Å². The van der Waals surface area contributed by atoms with E-state index in [4.69, 9.17) is 17.0 Å². The fourth-order valence-corrected chi connectivity index (χ4v) is 4.24. The number of hydrogen-bond donors (Lipinski definition) is 0. The molecule has 0 bridgehead atoms. The van der Waals surface area contributed by atoms with Gasteiger partial charge in [-0.2, -0.15) is 0 Å². The van der Waals surface area contributed by atoms with Crippen LogP contribution >= 0.6 is 32.9 Å². The second-order valence-electron chi connectivity index (χ2n) is 4.43. The van der Waals surface area contributed by atoms with E-state index in [9.17, 15) is 0 Å². The van der Waals surface area contributed by atoms with Crippen LogP contribution in [-0.2, 0) is 0 Å². The Morgan fingerprint density at radius 3 is 2.53 bits per heavy atom. The van der Waals surface area contributed by atoms with Crippen molar-refractivity contribution in [3.63, 3.8) is 0 Å². The zero-order chi connectivity index (χ0) is 13.5. The number of rotatable bonds is 7. The molecular formula is C15H18OS3. The van der Waals surface area contributed by atoms with Crippen LogP contribution in [0.3, 0.4) is 0 Å². The monoisotopic (exact) mass is 310 g/mol. The first-order chi connectivity index (χ1) is 9.31. The highest BCUT2D eigenvalue weighted by molar-refractivity contribution is 7.79. The van der Waals surface area contributed by atoms with Crippen molar-refractivity contribution in [1.29, 1.82) is 0 Å². The van der Waals surface area contributed by atoms with E-state index in [1.165, 1.54) is 30.4 Å². The molecule has 19 heavy (non-hydrogen) atoms. The number of ether oxygens (including phenoxy) is 1. The molecule has 0 aliphatic carbocycles. The molecule has 0 fully saturated rings. The molecule has 1 heterocycles. The Bertz CT molecular complexity index is 539. The van der Waals surface area contributed by atoms with Gasteiger partial charge in [-0.05, 0) is 24.1 Å². The van der Waals surface area contributed by atoms with Crippen LogP contribution in [0.1, 0.15) is 32.6 Å². The normalized spacial score (nSPS) is 10.6. The Morgan fingerprint density at radius 1 is 1.11 bits per heavy atom. The summed E-state index contributed by atoms with van der Waals surface area (Å²) < 4.78 is 6.70. The van der Waals surface area contributed by atoms with E-state index in [2.05, 4.69) is 24.4 Å². The number of benzene rings is 1. The van der Waals surface area contributed by atoms with Gasteiger partial charge in [0.1, 0.15) is 9.57 Å². The highest BCUT2D eigenvalue weighted by Gasteiger charge is 2.02. The summed E-state index contributed by atoms with van der Waals surface area (Å²) in [5.74, 6) is 0.949. The maximum atomic E-state index is 5.73. The molecule has 1 aromatic carbocycles. The first kappa shape index (κ1) is 14.7. The topological polar surface area (TPSA) is 9.23 Å². The Morgan fingerprint density at radius 2 is 1.89 bits per heavy atom. The molecule has 0 amide bonds. The van der Waals surface area contributed by atoms with Crippen LogP contribution in [-0.4, -0.2) is 6.61 Å². The Labute approximate surface area is 127 Å².